The highest BCUT2D eigenvalue weighted by molar-refractivity contribution is 6.41. The molecule has 0 radical (unpaired) electrons. The largest absolute Gasteiger partial charge is 0.390 e. The minimum Gasteiger partial charge on any atom is -0.390 e. The average Bonchev–Trinajstić information content (AvgIpc) is 3.36. The Morgan fingerprint density at radius 3 is 2.53 bits per heavy atom. The van der Waals surface area contributed by atoms with Gasteiger partial charge in [-0.2, -0.15) is 5.26 Å². The van der Waals surface area contributed by atoms with Gasteiger partial charge in [0.1, 0.15) is 11.8 Å². The van der Waals surface area contributed by atoms with Crippen molar-refractivity contribution in [2.24, 2.45) is 28.2 Å². The first-order valence-electron chi connectivity index (χ1n) is 11.5. The van der Waals surface area contributed by atoms with E-state index in [1.165, 1.54) is 6.42 Å². The summed E-state index contributed by atoms with van der Waals surface area (Å²) in [5.74, 6) is 1.46. The summed E-state index contributed by atoms with van der Waals surface area (Å²) in [7, 11) is 0. The van der Waals surface area contributed by atoms with Crippen LogP contribution >= 0.6 is 0 Å². The highest BCUT2D eigenvalue weighted by Crippen LogP contribution is 2.62. The molecular formula is C25H29N3O2. The first-order chi connectivity index (χ1) is 14.5. The molecule has 30 heavy (non-hydrogen) atoms. The van der Waals surface area contributed by atoms with E-state index in [-0.39, 0.29) is 23.4 Å². The number of aliphatic imine (C=N–C) groups is 1. The molecule has 4 bridgehead atoms. The molecule has 1 heterocycles. The molecule has 1 aromatic rings. The highest BCUT2D eigenvalue weighted by atomic mass is 16.3. The second-order valence-electron chi connectivity index (χ2n) is 10.8. The summed E-state index contributed by atoms with van der Waals surface area (Å²) < 4.78 is 0. The summed E-state index contributed by atoms with van der Waals surface area (Å²) in [6, 6.07) is 12.4. The molecule has 1 aromatic carbocycles. The summed E-state index contributed by atoms with van der Waals surface area (Å²) in [5.41, 5.74) is 0.789. The Morgan fingerprint density at radius 2 is 1.87 bits per heavy atom. The molecule has 5 unspecified atom stereocenters. The second kappa shape index (κ2) is 6.40. The summed E-state index contributed by atoms with van der Waals surface area (Å²) in [6.45, 7) is 0.483. The van der Waals surface area contributed by atoms with Crippen molar-refractivity contribution in [3.8, 4) is 6.07 Å². The quantitative estimate of drug-likeness (QED) is 0.782. The van der Waals surface area contributed by atoms with Crippen molar-refractivity contribution in [2.75, 3.05) is 0 Å². The number of amides is 1. The van der Waals surface area contributed by atoms with Gasteiger partial charge in [-0.1, -0.05) is 30.3 Å². The predicted molar refractivity (Wildman–Crippen MR) is 112 cm³/mol. The number of rotatable bonds is 4. The molecule has 5 atom stereocenters. The fourth-order valence-corrected chi connectivity index (χ4v) is 7.69. The third kappa shape index (κ3) is 2.84. The Hall–Kier alpha value is -2.19. The fraction of sp³-hybridized carbons (Fsp3) is 0.640. The van der Waals surface area contributed by atoms with Crippen molar-refractivity contribution in [3.05, 3.63) is 35.9 Å². The van der Waals surface area contributed by atoms with Crippen molar-refractivity contribution < 1.29 is 9.90 Å². The minimum atomic E-state index is -0.639. The lowest BCUT2D eigenvalue weighted by Gasteiger charge is -2.60. The summed E-state index contributed by atoms with van der Waals surface area (Å²) in [5, 5.41) is 20.9. The minimum absolute atomic E-state index is 0.0203. The SMILES string of the molecule is N#CC1CC2CC2N1C(=O)/C(=N\Cc1ccccc1)C12CC3CC(CC(O)(C3)C1)C2. The van der Waals surface area contributed by atoms with Crippen molar-refractivity contribution >= 4 is 11.6 Å². The zero-order valence-corrected chi connectivity index (χ0v) is 17.3. The molecule has 1 N–H and O–H groups in total. The van der Waals surface area contributed by atoms with Gasteiger partial charge in [-0.25, -0.2) is 0 Å². The van der Waals surface area contributed by atoms with Crippen LogP contribution in [0.3, 0.4) is 0 Å². The smallest absolute Gasteiger partial charge is 0.269 e. The van der Waals surface area contributed by atoms with Crippen LogP contribution in [-0.2, 0) is 11.3 Å². The molecule has 0 aromatic heterocycles. The third-order valence-electron chi connectivity index (χ3n) is 8.49. The lowest BCUT2D eigenvalue weighted by atomic mass is 9.46. The standard InChI is InChI=1S/C25H29N3O2/c26-13-20-7-19-8-21(19)28(20)23(29)22(27-14-16-4-2-1-3-5-16)24-9-17-6-18(10-24)12-25(30,11-17)15-24/h1-5,17-21,30H,6-12,14-15H2/b27-22+. The maximum atomic E-state index is 14.0. The first kappa shape index (κ1) is 18.6. The average molecular weight is 404 g/mol. The number of hydrogen-bond acceptors (Lipinski definition) is 4. The van der Waals surface area contributed by atoms with E-state index in [0.717, 1.165) is 44.1 Å². The number of piperidine rings is 1. The third-order valence-corrected chi connectivity index (χ3v) is 8.49. The van der Waals surface area contributed by atoms with Crippen molar-refractivity contribution in [2.45, 2.75) is 75.6 Å². The highest BCUT2D eigenvalue weighted by Gasteiger charge is 2.62. The molecule has 1 saturated heterocycles. The number of nitriles is 1. The van der Waals surface area contributed by atoms with Gasteiger partial charge in [0.2, 0.25) is 0 Å². The molecule has 5 saturated carbocycles. The van der Waals surface area contributed by atoms with E-state index in [1.54, 1.807) is 0 Å². The van der Waals surface area contributed by atoms with E-state index in [0.29, 0.717) is 36.4 Å². The number of aliphatic hydroxyl groups is 1. The maximum Gasteiger partial charge on any atom is 0.269 e. The van der Waals surface area contributed by atoms with Crippen LogP contribution in [0.1, 0.15) is 56.9 Å². The predicted octanol–water partition coefficient (Wildman–Crippen LogP) is 3.47. The second-order valence-corrected chi connectivity index (χ2v) is 10.8. The maximum absolute atomic E-state index is 14.0. The van der Waals surface area contributed by atoms with Gasteiger partial charge in [0.05, 0.1) is 18.2 Å². The van der Waals surface area contributed by atoms with E-state index in [9.17, 15) is 15.2 Å². The van der Waals surface area contributed by atoms with Gasteiger partial charge in [0.25, 0.3) is 5.91 Å². The molecule has 5 nitrogen and oxygen atoms in total. The van der Waals surface area contributed by atoms with Crippen LogP contribution in [0.25, 0.3) is 0 Å². The van der Waals surface area contributed by atoms with Crippen LogP contribution in [0.4, 0.5) is 0 Å². The molecule has 1 amide bonds. The van der Waals surface area contributed by atoms with Crippen molar-refractivity contribution in [1.29, 1.82) is 5.26 Å². The van der Waals surface area contributed by atoms with Gasteiger partial charge in [0.15, 0.2) is 0 Å². The number of carbonyl (C=O) groups excluding carboxylic acids is 1. The van der Waals surface area contributed by atoms with E-state index >= 15 is 0 Å². The first-order valence-corrected chi connectivity index (χ1v) is 11.5. The molecule has 5 aliphatic carbocycles. The van der Waals surface area contributed by atoms with Gasteiger partial charge < -0.3 is 10.0 Å². The molecule has 1 aliphatic heterocycles. The molecule has 156 valence electrons. The molecule has 6 fully saturated rings. The lowest BCUT2D eigenvalue weighted by Crippen LogP contribution is -2.61. The number of benzene rings is 1. The Morgan fingerprint density at radius 1 is 1.13 bits per heavy atom. The fourth-order valence-electron chi connectivity index (χ4n) is 7.69. The molecule has 7 rings (SSSR count). The molecule has 6 aliphatic rings. The summed E-state index contributed by atoms with van der Waals surface area (Å²) in [6.07, 6.45) is 7.35. The monoisotopic (exact) mass is 403 g/mol. The van der Waals surface area contributed by atoms with Gasteiger partial charge in [-0.15, -0.1) is 0 Å². The number of nitrogens with zero attached hydrogens (tertiary/aromatic N) is 3. The van der Waals surface area contributed by atoms with Gasteiger partial charge in [0, 0.05) is 11.5 Å². The number of fused-ring (bicyclic) bond motifs is 1. The van der Waals surface area contributed by atoms with Crippen molar-refractivity contribution in [3.63, 3.8) is 0 Å². The molecule has 0 spiro atoms. The molecule has 5 heteroatoms. The summed E-state index contributed by atoms with van der Waals surface area (Å²) in [4.78, 5) is 20.8. The normalized spacial score (nSPS) is 43.4. The Balaban J connectivity index is 1.39. The van der Waals surface area contributed by atoms with E-state index in [2.05, 4.69) is 6.07 Å². The topological polar surface area (TPSA) is 76.7 Å². The van der Waals surface area contributed by atoms with Crippen LogP contribution in [0.5, 0.6) is 0 Å². The Bertz CT molecular complexity index is 935. The Labute approximate surface area is 177 Å². The van der Waals surface area contributed by atoms with Crippen LogP contribution < -0.4 is 0 Å². The van der Waals surface area contributed by atoms with Crippen LogP contribution in [0.15, 0.2) is 35.3 Å². The zero-order valence-electron chi connectivity index (χ0n) is 17.3. The van der Waals surface area contributed by atoms with Gasteiger partial charge >= 0.3 is 0 Å². The van der Waals surface area contributed by atoms with Crippen LogP contribution in [-0.4, -0.2) is 39.3 Å². The number of likely N-dealkylation sites (tertiary alicyclic amines) is 1. The Kier molecular flexibility index (Phi) is 3.96. The molecular weight excluding hydrogens is 374 g/mol. The zero-order chi connectivity index (χ0) is 20.5. The van der Waals surface area contributed by atoms with Crippen molar-refractivity contribution in [1.82, 2.24) is 4.90 Å². The van der Waals surface area contributed by atoms with Gasteiger partial charge in [-0.05, 0) is 74.7 Å². The van der Waals surface area contributed by atoms with E-state index < -0.39 is 5.60 Å². The van der Waals surface area contributed by atoms with Gasteiger partial charge in [-0.3, -0.25) is 9.79 Å². The number of hydrogen-bond donors (Lipinski definition) is 1. The number of carbonyl (C=O) groups is 1. The summed E-state index contributed by atoms with van der Waals surface area (Å²) >= 11 is 0. The van der Waals surface area contributed by atoms with Crippen LogP contribution in [0, 0.1) is 34.5 Å². The van der Waals surface area contributed by atoms with Crippen LogP contribution in [0.2, 0.25) is 0 Å². The lowest BCUT2D eigenvalue weighted by molar-refractivity contribution is -0.145. The van der Waals surface area contributed by atoms with E-state index in [1.807, 2.05) is 35.2 Å². The van der Waals surface area contributed by atoms with E-state index in [4.69, 9.17) is 4.99 Å².